The number of nitrogens with one attached hydrogen (secondary N) is 2. The maximum atomic E-state index is 13.8. The van der Waals surface area contributed by atoms with Crippen molar-refractivity contribution in [1.29, 1.82) is 0 Å². The molecular formula is C30H27FN6O2. The Morgan fingerprint density at radius 2 is 1.85 bits per heavy atom. The largest absolute Gasteiger partial charge is 0.436 e. The number of piperidine rings is 1. The van der Waals surface area contributed by atoms with E-state index in [1.165, 1.54) is 43.2 Å². The number of hydrogen-bond donors (Lipinski definition) is 2. The van der Waals surface area contributed by atoms with Crippen molar-refractivity contribution < 1.29 is 13.9 Å². The van der Waals surface area contributed by atoms with Gasteiger partial charge in [0.1, 0.15) is 0 Å². The number of carbonyl (C=O) groups excluding carboxylic acids is 1. The lowest BCUT2D eigenvalue weighted by molar-refractivity contribution is 0.102. The number of amides is 1. The molecule has 196 valence electrons. The fourth-order valence-corrected chi connectivity index (χ4v) is 4.82. The summed E-state index contributed by atoms with van der Waals surface area (Å²) in [6.45, 7) is 3.14. The topological polar surface area (TPSA) is 96.0 Å². The zero-order chi connectivity index (χ0) is 26.6. The quantitative estimate of drug-likeness (QED) is 0.265. The Labute approximate surface area is 224 Å². The number of hydrogen-bond acceptors (Lipinski definition) is 6. The van der Waals surface area contributed by atoms with Crippen molar-refractivity contribution in [2.45, 2.75) is 25.8 Å². The lowest BCUT2D eigenvalue weighted by atomic mass is 10.0. The van der Waals surface area contributed by atoms with E-state index in [1.54, 1.807) is 24.3 Å². The van der Waals surface area contributed by atoms with Crippen LogP contribution in [0, 0.1) is 5.82 Å². The van der Waals surface area contributed by atoms with Gasteiger partial charge in [-0.05, 0) is 73.5 Å². The van der Waals surface area contributed by atoms with E-state index in [2.05, 4.69) is 36.4 Å². The summed E-state index contributed by atoms with van der Waals surface area (Å²) in [5.41, 5.74) is 4.62. The molecule has 5 aromatic rings. The van der Waals surface area contributed by atoms with Crippen molar-refractivity contribution in [1.82, 2.24) is 25.1 Å². The van der Waals surface area contributed by atoms with Gasteiger partial charge < -0.3 is 10.1 Å². The number of pyridine rings is 2. The second-order valence-corrected chi connectivity index (χ2v) is 9.62. The van der Waals surface area contributed by atoms with Crippen molar-refractivity contribution in [3.8, 4) is 22.8 Å². The lowest BCUT2D eigenvalue weighted by Gasteiger charge is -2.26. The minimum atomic E-state index is -0.481. The Hall–Kier alpha value is -4.63. The molecule has 1 saturated heterocycles. The number of fused-ring (bicyclic) bond motifs is 1. The van der Waals surface area contributed by atoms with Crippen LogP contribution in [0.25, 0.3) is 22.0 Å². The average molecular weight is 523 g/mol. The molecule has 1 aliphatic heterocycles. The molecule has 0 atom stereocenters. The summed E-state index contributed by atoms with van der Waals surface area (Å²) in [5, 5.41) is 10.7. The van der Waals surface area contributed by atoms with E-state index >= 15 is 0 Å². The normalized spacial score (nSPS) is 13.9. The van der Waals surface area contributed by atoms with Crippen LogP contribution in [0.4, 0.5) is 10.1 Å². The first-order valence-corrected chi connectivity index (χ1v) is 13.0. The third-order valence-electron chi connectivity index (χ3n) is 6.81. The number of H-pyrrole nitrogens is 1. The number of benzene rings is 2. The minimum absolute atomic E-state index is 0.0767. The molecule has 0 bridgehead atoms. The van der Waals surface area contributed by atoms with Crippen LogP contribution < -0.4 is 10.1 Å². The number of ether oxygens (including phenoxy) is 1. The highest BCUT2D eigenvalue weighted by molar-refractivity contribution is 6.11. The van der Waals surface area contributed by atoms with E-state index in [4.69, 9.17) is 4.74 Å². The maximum Gasteiger partial charge on any atom is 0.276 e. The van der Waals surface area contributed by atoms with E-state index in [0.717, 1.165) is 36.3 Å². The summed E-state index contributed by atoms with van der Waals surface area (Å²) in [5.74, 6) is -0.567. The second-order valence-electron chi connectivity index (χ2n) is 9.62. The van der Waals surface area contributed by atoms with E-state index in [-0.39, 0.29) is 23.2 Å². The van der Waals surface area contributed by atoms with Gasteiger partial charge >= 0.3 is 0 Å². The first kappa shape index (κ1) is 24.7. The molecular weight excluding hydrogens is 495 g/mol. The van der Waals surface area contributed by atoms with Crippen molar-refractivity contribution in [2.24, 2.45) is 0 Å². The summed E-state index contributed by atoms with van der Waals surface area (Å²) in [6, 6.07) is 17.3. The van der Waals surface area contributed by atoms with Gasteiger partial charge in [-0.25, -0.2) is 9.37 Å². The van der Waals surface area contributed by atoms with Gasteiger partial charge in [0, 0.05) is 36.0 Å². The highest BCUT2D eigenvalue weighted by atomic mass is 19.1. The van der Waals surface area contributed by atoms with E-state index in [0.29, 0.717) is 11.1 Å². The van der Waals surface area contributed by atoms with Crippen molar-refractivity contribution in [2.75, 3.05) is 18.4 Å². The molecule has 2 aromatic carbocycles. The molecule has 3 aromatic heterocycles. The number of rotatable bonds is 7. The molecule has 0 aliphatic carbocycles. The van der Waals surface area contributed by atoms with E-state index < -0.39 is 5.82 Å². The molecule has 0 spiro atoms. The van der Waals surface area contributed by atoms with Crippen LogP contribution in [0.5, 0.6) is 11.6 Å². The number of aromatic nitrogens is 4. The number of nitrogens with zero attached hydrogens (tertiary/aromatic N) is 4. The van der Waals surface area contributed by atoms with Gasteiger partial charge in [-0.3, -0.25) is 19.8 Å². The second kappa shape index (κ2) is 11.0. The minimum Gasteiger partial charge on any atom is -0.436 e. The van der Waals surface area contributed by atoms with Crippen molar-refractivity contribution in [3.63, 3.8) is 0 Å². The zero-order valence-corrected chi connectivity index (χ0v) is 21.2. The Morgan fingerprint density at radius 3 is 2.67 bits per heavy atom. The van der Waals surface area contributed by atoms with Gasteiger partial charge in [0.2, 0.25) is 5.88 Å². The average Bonchev–Trinajstić information content (AvgIpc) is 3.40. The molecule has 0 radical (unpaired) electrons. The number of para-hydroxylation sites is 1. The van der Waals surface area contributed by atoms with Crippen LogP contribution in [-0.2, 0) is 6.54 Å². The Morgan fingerprint density at radius 1 is 0.974 bits per heavy atom. The van der Waals surface area contributed by atoms with Crippen LogP contribution >= 0.6 is 0 Å². The van der Waals surface area contributed by atoms with Crippen LogP contribution in [0.15, 0.2) is 79.3 Å². The summed E-state index contributed by atoms with van der Waals surface area (Å²) in [4.78, 5) is 24.2. The Balaban J connectivity index is 1.18. The highest BCUT2D eigenvalue weighted by Gasteiger charge is 2.17. The first-order valence-electron chi connectivity index (χ1n) is 13.0. The first-order chi connectivity index (χ1) is 19.1. The molecule has 1 aliphatic rings. The van der Waals surface area contributed by atoms with Crippen LogP contribution in [0.3, 0.4) is 0 Å². The number of carbonyl (C=O) groups is 1. The lowest BCUT2D eigenvalue weighted by Crippen LogP contribution is -2.29. The van der Waals surface area contributed by atoms with E-state index in [9.17, 15) is 9.18 Å². The SMILES string of the molecule is O=C(Nc1ccc(Oc2ccccc2F)nc1)c1n[nH]c2ccc(-c3cncc(CN4CCCCC4)c3)cc12. The molecule has 4 heterocycles. The molecule has 0 unspecified atom stereocenters. The molecule has 2 N–H and O–H groups in total. The standard InChI is InChI=1S/C30H27FN6O2/c31-25-6-2-3-7-27(25)39-28-11-9-23(18-33-28)34-30(38)29-24-15-21(8-10-26(24)35-36-29)22-14-20(16-32-17-22)19-37-12-4-1-5-13-37/h2-3,6-11,14-18H,1,4-5,12-13,19H2,(H,34,38)(H,35,36). The van der Waals surface area contributed by atoms with Crippen LogP contribution in [0.2, 0.25) is 0 Å². The molecule has 0 saturated carbocycles. The third-order valence-corrected chi connectivity index (χ3v) is 6.81. The Kier molecular flexibility index (Phi) is 6.97. The molecule has 1 amide bonds. The monoisotopic (exact) mass is 522 g/mol. The number of aromatic amines is 1. The fourth-order valence-electron chi connectivity index (χ4n) is 4.82. The van der Waals surface area contributed by atoms with Crippen LogP contribution in [-0.4, -0.2) is 44.1 Å². The van der Waals surface area contributed by atoms with Crippen molar-refractivity contribution >= 4 is 22.5 Å². The smallest absolute Gasteiger partial charge is 0.276 e. The summed E-state index contributed by atoms with van der Waals surface area (Å²) in [7, 11) is 0. The maximum absolute atomic E-state index is 13.8. The fraction of sp³-hybridized carbons (Fsp3) is 0.200. The molecule has 9 heteroatoms. The molecule has 1 fully saturated rings. The molecule has 39 heavy (non-hydrogen) atoms. The number of likely N-dealkylation sites (tertiary alicyclic amines) is 1. The number of halogens is 1. The predicted octanol–water partition coefficient (Wildman–Crippen LogP) is 6.19. The van der Waals surface area contributed by atoms with Gasteiger partial charge in [-0.15, -0.1) is 0 Å². The van der Waals surface area contributed by atoms with Gasteiger partial charge in [0.25, 0.3) is 5.91 Å². The summed E-state index contributed by atoms with van der Waals surface area (Å²) >= 11 is 0. The highest BCUT2D eigenvalue weighted by Crippen LogP contribution is 2.27. The van der Waals surface area contributed by atoms with Crippen molar-refractivity contribution in [3.05, 3.63) is 96.3 Å². The zero-order valence-electron chi connectivity index (χ0n) is 21.2. The van der Waals surface area contributed by atoms with Gasteiger partial charge in [0.15, 0.2) is 17.3 Å². The predicted molar refractivity (Wildman–Crippen MR) is 147 cm³/mol. The third kappa shape index (κ3) is 5.63. The molecule has 8 nitrogen and oxygen atoms in total. The van der Waals surface area contributed by atoms with Gasteiger partial charge in [-0.2, -0.15) is 5.10 Å². The molecule has 6 rings (SSSR count). The number of anilines is 1. The van der Waals surface area contributed by atoms with E-state index in [1.807, 2.05) is 30.6 Å². The summed E-state index contributed by atoms with van der Waals surface area (Å²) in [6.07, 6.45) is 9.02. The van der Waals surface area contributed by atoms with Gasteiger partial charge in [0.05, 0.1) is 17.4 Å². The van der Waals surface area contributed by atoms with Gasteiger partial charge in [-0.1, -0.05) is 24.6 Å². The summed E-state index contributed by atoms with van der Waals surface area (Å²) < 4.78 is 19.3. The van der Waals surface area contributed by atoms with Crippen LogP contribution in [0.1, 0.15) is 35.3 Å². The Bertz CT molecular complexity index is 1610.